The fraction of sp³-hybridized carbons (Fsp3) is 0.325. The van der Waals surface area contributed by atoms with Gasteiger partial charge in [0.2, 0.25) is 17.7 Å². The predicted molar refractivity (Wildman–Crippen MR) is 196 cm³/mol. The second kappa shape index (κ2) is 14.1. The molecule has 49 heavy (non-hydrogen) atoms. The van der Waals surface area contributed by atoms with Gasteiger partial charge in [-0.25, -0.2) is 0 Å². The number of rotatable bonds is 7. The van der Waals surface area contributed by atoms with Crippen molar-refractivity contribution in [3.05, 3.63) is 113 Å². The molecule has 0 radical (unpaired) electrons. The van der Waals surface area contributed by atoms with Gasteiger partial charge in [0.15, 0.2) is 0 Å². The van der Waals surface area contributed by atoms with Crippen LogP contribution in [0, 0.1) is 0 Å². The monoisotopic (exact) mass is 675 g/mol. The van der Waals surface area contributed by atoms with E-state index in [0.29, 0.717) is 17.9 Å². The number of carbonyl (C=O) groups excluding carboxylic acids is 3. The number of anilines is 3. The molecule has 3 aliphatic rings. The molecule has 2 fully saturated rings. The standard InChI is InChI=1S/C40H42ClN5O3/c1-26-23-37(42-32-12-10-31(41)11-13-32)36-24-29(9-17-38(36)46(26)27(2)47)28-7-14-33(15-8-28)45-21-19-44(20-22-45)25-30-5-3-4-6-34(30)35-16-18-39(48)43-40(35)49/h3-15,17,24,26,35,37,42H,16,18-23,25H2,1-2H3,(H,43,48,49). The number of nitrogens with zero attached hydrogens (tertiary/aromatic N) is 3. The van der Waals surface area contributed by atoms with E-state index in [4.69, 9.17) is 11.6 Å². The average molecular weight is 676 g/mol. The number of benzene rings is 4. The van der Waals surface area contributed by atoms with Gasteiger partial charge in [0.25, 0.3) is 0 Å². The van der Waals surface area contributed by atoms with Crippen LogP contribution in [0.25, 0.3) is 11.1 Å². The van der Waals surface area contributed by atoms with Crippen LogP contribution in [0.2, 0.25) is 5.02 Å². The quantitative estimate of drug-likeness (QED) is 0.203. The highest BCUT2D eigenvalue weighted by Gasteiger charge is 2.33. The summed E-state index contributed by atoms with van der Waals surface area (Å²) in [6, 6.07) is 31.3. The first kappa shape index (κ1) is 32.9. The van der Waals surface area contributed by atoms with E-state index in [2.05, 4.69) is 75.9 Å². The van der Waals surface area contributed by atoms with Gasteiger partial charge < -0.3 is 15.1 Å². The van der Waals surface area contributed by atoms with E-state index < -0.39 is 0 Å². The van der Waals surface area contributed by atoms with Gasteiger partial charge in [0.1, 0.15) is 0 Å². The Kier molecular flexibility index (Phi) is 9.43. The first-order valence-electron chi connectivity index (χ1n) is 17.2. The number of hydrogen-bond acceptors (Lipinski definition) is 6. The van der Waals surface area contributed by atoms with Gasteiger partial charge in [-0.1, -0.05) is 54.1 Å². The van der Waals surface area contributed by atoms with Crippen LogP contribution >= 0.6 is 11.6 Å². The van der Waals surface area contributed by atoms with E-state index in [9.17, 15) is 14.4 Å². The number of nitrogens with one attached hydrogen (secondary N) is 2. The molecule has 0 bridgehead atoms. The molecule has 0 spiro atoms. The second-order valence-electron chi connectivity index (χ2n) is 13.5. The highest BCUT2D eigenvalue weighted by atomic mass is 35.5. The maximum atomic E-state index is 12.7. The molecule has 4 aromatic carbocycles. The van der Waals surface area contributed by atoms with Gasteiger partial charge in [0, 0.05) is 74.2 Å². The number of fused-ring (bicyclic) bond motifs is 1. The topological polar surface area (TPSA) is 85.0 Å². The molecule has 252 valence electrons. The number of halogens is 1. The lowest BCUT2D eigenvalue weighted by molar-refractivity contribution is -0.134. The van der Waals surface area contributed by atoms with Crippen molar-refractivity contribution in [2.24, 2.45) is 0 Å². The van der Waals surface area contributed by atoms with Gasteiger partial charge in [-0.2, -0.15) is 0 Å². The summed E-state index contributed by atoms with van der Waals surface area (Å²) in [5.41, 5.74) is 8.70. The number of amides is 3. The third kappa shape index (κ3) is 7.07. The van der Waals surface area contributed by atoms with E-state index in [1.165, 1.54) is 5.69 Å². The molecule has 2 saturated heterocycles. The summed E-state index contributed by atoms with van der Waals surface area (Å²) in [6.07, 6.45) is 1.74. The highest BCUT2D eigenvalue weighted by Crippen LogP contribution is 2.41. The summed E-state index contributed by atoms with van der Waals surface area (Å²) < 4.78 is 0. The molecule has 4 aromatic rings. The minimum absolute atomic E-state index is 0.0493. The van der Waals surface area contributed by atoms with Crippen LogP contribution < -0.4 is 20.4 Å². The third-order valence-electron chi connectivity index (χ3n) is 10.2. The van der Waals surface area contributed by atoms with E-state index >= 15 is 0 Å². The molecule has 7 rings (SSSR count). The fourth-order valence-electron chi connectivity index (χ4n) is 7.69. The Morgan fingerprint density at radius 1 is 0.878 bits per heavy atom. The molecular formula is C40H42ClN5O3. The van der Waals surface area contributed by atoms with Gasteiger partial charge in [-0.3, -0.25) is 24.6 Å². The lowest BCUT2D eigenvalue weighted by Gasteiger charge is -2.40. The Hall–Kier alpha value is -4.66. The summed E-state index contributed by atoms with van der Waals surface area (Å²) in [4.78, 5) is 43.8. The zero-order valence-electron chi connectivity index (χ0n) is 28.0. The molecule has 2 N–H and O–H groups in total. The van der Waals surface area contributed by atoms with Crippen molar-refractivity contribution in [2.75, 3.05) is 41.3 Å². The van der Waals surface area contributed by atoms with Crippen LogP contribution in [0.15, 0.2) is 91.0 Å². The summed E-state index contributed by atoms with van der Waals surface area (Å²) in [7, 11) is 0. The van der Waals surface area contributed by atoms with E-state index in [1.54, 1.807) is 6.92 Å². The minimum atomic E-state index is -0.272. The Morgan fingerprint density at radius 3 is 2.31 bits per heavy atom. The average Bonchev–Trinajstić information content (AvgIpc) is 3.10. The van der Waals surface area contributed by atoms with Crippen molar-refractivity contribution < 1.29 is 14.4 Å². The largest absolute Gasteiger partial charge is 0.378 e. The van der Waals surface area contributed by atoms with Crippen LogP contribution in [-0.2, 0) is 20.9 Å². The third-order valence-corrected chi connectivity index (χ3v) is 10.5. The molecule has 8 nitrogen and oxygen atoms in total. The van der Waals surface area contributed by atoms with Gasteiger partial charge in [0.05, 0.1) is 12.0 Å². The number of piperidine rings is 1. The number of piperazine rings is 1. The van der Waals surface area contributed by atoms with E-state index in [0.717, 1.165) is 78.3 Å². The first-order chi connectivity index (χ1) is 23.7. The van der Waals surface area contributed by atoms with Crippen LogP contribution in [0.4, 0.5) is 17.1 Å². The normalized spacial score (nSPS) is 21.2. The second-order valence-corrected chi connectivity index (χ2v) is 13.9. The van der Waals surface area contributed by atoms with Crippen LogP contribution in [0.1, 0.15) is 61.8 Å². The van der Waals surface area contributed by atoms with Gasteiger partial charge in [-0.05, 0) is 96.1 Å². The SMILES string of the molecule is CC(=O)N1c2ccc(-c3ccc(N4CCN(Cc5ccccc5C5CCC(=O)NC5=O)CC4)cc3)cc2C(Nc2ccc(Cl)cc2)CC1C. The molecular weight excluding hydrogens is 634 g/mol. The molecule has 3 heterocycles. The number of hydrogen-bond donors (Lipinski definition) is 2. The lowest BCUT2D eigenvalue weighted by Crippen LogP contribution is -2.46. The number of imide groups is 1. The molecule has 0 aromatic heterocycles. The zero-order chi connectivity index (χ0) is 34.1. The molecule has 3 aliphatic heterocycles. The van der Waals surface area contributed by atoms with Crippen LogP contribution in [0.5, 0.6) is 0 Å². The van der Waals surface area contributed by atoms with Crippen LogP contribution in [0.3, 0.4) is 0 Å². The Morgan fingerprint density at radius 2 is 1.59 bits per heavy atom. The minimum Gasteiger partial charge on any atom is -0.378 e. The van der Waals surface area contributed by atoms with Crippen molar-refractivity contribution in [3.8, 4) is 11.1 Å². The van der Waals surface area contributed by atoms with Gasteiger partial charge in [-0.15, -0.1) is 0 Å². The summed E-state index contributed by atoms with van der Waals surface area (Å²) in [5.74, 6) is -0.590. The first-order valence-corrected chi connectivity index (χ1v) is 17.6. The highest BCUT2D eigenvalue weighted by molar-refractivity contribution is 6.30. The Labute approximate surface area is 293 Å². The van der Waals surface area contributed by atoms with Crippen molar-refractivity contribution in [1.29, 1.82) is 0 Å². The van der Waals surface area contributed by atoms with Crippen LogP contribution in [-0.4, -0.2) is 54.8 Å². The maximum Gasteiger partial charge on any atom is 0.234 e. The van der Waals surface area contributed by atoms with Crippen molar-refractivity contribution in [3.63, 3.8) is 0 Å². The summed E-state index contributed by atoms with van der Waals surface area (Å²) in [6.45, 7) is 8.19. The molecule has 9 heteroatoms. The Bertz CT molecular complexity index is 1850. The Balaban J connectivity index is 1.03. The van der Waals surface area contributed by atoms with Gasteiger partial charge >= 0.3 is 0 Å². The van der Waals surface area contributed by atoms with Crippen molar-refractivity contribution in [1.82, 2.24) is 10.2 Å². The predicted octanol–water partition coefficient (Wildman–Crippen LogP) is 7.15. The molecule has 0 saturated carbocycles. The maximum absolute atomic E-state index is 12.7. The zero-order valence-corrected chi connectivity index (χ0v) is 28.7. The smallest absolute Gasteiger partial charge is 0.234 e. The summed E-state index contributed by atoms with van der Waals surface area (Å²) >= 11 is 6.14. The lowest BCUT2D eigenvalue weighted by atomic mass is 9.87. The fourth-order valence-corrected chi connectivity index (χ4v) is 7.81. The van der Waals surface area contributed by atoms with Crippen molar-refractivity contribution in [2.45, 2.75) is 57.7 Å². The molecule has 3 unspecified atom stereocenters. The number of carbonyl (C=O) groups is 3. The molecule has 3 amide bonds. The molecule has 3 atom stereocenters. The van der Waals surface area contributed by atoms with E-state index in [1.807, 2.05) is 47.4 Å². The van der Waals surface area contributed by atoms with Crippen molar-refractivity contribution >= 4 is 46.4 Å². The molecule has 0 aliphatic carbocycles. The summed E-state index contributed by atoms with van der Waals surface area (Å²) in [5, 5.41) is 6.90. The van der Waals surface area contributed by atoms with E-state index in [-0.39, 0.29) is 35.7 Å².